The molecule has 0 amide bonds. The summed E-state index contributed by atoms with van der Waals surface area (Å²) >= 11 is 4.03. The normalized spacial score (nSPS) is 16.4. The van der Waals surface area contributed by atoms with Crippen LogP contribution in [0.25, 0.3) is 0 Å². The lowest BCUT2D eigenvalue weighted by Crippen LogP contribution is -2.50. The van der Waals surface area contributed by atoms with Crippen molar-refractivity contribution in [2.75, 3.05) is 12.3 Å². The molecule has 5 heteroatoms. The van der Waals surface area contributed by atoms with Gasteiger partial charge in [-0.15, -0.1) is 0 Å². The first-order valence-electron chi connectivity index (χ1n) is 4.61. The number of hydrogen-bond acceptors (Lipinski definition) is 4. The summed E-state index contributed by atoms with van der Waals surface area (Å²) in [6.45, 7) is 6.11. The molecule has 0 radical (unpaired) electrons. The van der Waals surface area contributed by atoms with E-state index >= 15 is 0 Å². The van der Waals surface area contributed by atoms with Crippen molar-refractivity contribution in [3.8, 4) is 0 Å². The van der Waals surface area contributed by atoms with E-state index in [1.807, 2.05) is 20.8 Å². The summed E-state index contributed by atoms with van der Waals surface area (Å²) in [6, 6.07) is -0.684. The van der Waals surface area contributed by atoms with Crippen LogP contribution in [0.15, 0.2) is 0 Å². The van der Waals surface area contributed by atoms with Gasteiger partial charge in [-0.25, -0.2) is 0 Å². The highest BCUT2D eigenvalue weighted by atomic mass is 32.1. The van der Waals surface area contributed by atoms with E-state index in [0.29, 0.717) is 12.3 Å². The van der Waals surface area contributed by atoms with Gasteiger partial charge in [0.15, 0.2) is 0 Å². The van der Waals surface area contributed by atoms with Crippen LogP contribution in [0, 0.1) is 5.41 Å². The summed E-state index contributed by atoms with van der Waals surface area (Å²) in [5.41, 5.74) is 5.32. The fourth-order valence-electron chi connectivity index (χ4n) is 1.10. The molecule has 0 saturated heterocycles. The zero-order chi connectivity index (χ0) is 11.4. The Labute approximate surface area is 90.7 Å². The average Bonchev–Trinajstić information content (AvgIpc) is 2.01. The van der Waals surface area contributed by atoms with Crippen LogP contribution in [-0.4, -0.2) is 35.5 Å². The summed E-state index contributed by atoms with van der Waals surface area (Å²) in [6.07, 6.45) is 0. The first kappa shape index (κ1) is 13.7. The number of nitrogens with two attached hydrogens (primary N) is 1. The summed E-state index contributed by atoms with van der Waals surface area (Å²) in [4.78, 5) is 10.9. The zero-order valence-electron chi connectivity index (χ0n) is 8.95. The van der Waals surface area contributed by atoms with Gasteiger partial charge in [-0.2, -0.15) is 12.6 Å². The van der Waals surface area contributed by atoms with E-state index in [1.54, 1.807) is 0 Å². The van der Waals surface area contributed by atoms with E-state index in [0.717, 1.165) is 0 Å². The minimum absolute atomic E-state index is 0.109. The Morgan fingerprint density at radius 2 is 2.07 bits per heavy atom. The van der Waals surface area contributed by atoms with Gasteiger partial charge < -0.3 is 16.2 Å². The molecule has 0 aliphatic heterocycles. The average molecular weight is 220 g/mol. The molecule has 0 aromatic carbocycles. The van der Waals surface area contributed by atoms with Crippen LogP contribution in [0.4, 0.5) is 0 Å². The highest BCUT2D eigenvalue weighted by Gasteiger charge is 2.30. The number of rotatable bonds is 5. The lowest BCUT2D eigenvalue weighted by molar-refractivity contribution is -0.142. The van der Waals surface area contributed by atoms with Crippen molar-refractivity contribution < 1.29 is 9.90 Å². The Balaban J connectivity index is 4.19. The standard InChI is InChI=1S/C9H20N2O2S/c1-9(2,3)7(8(12)13)11-4-6(10)5-14/h6-7,11,14H,4-5,10H2,1-3H3,(H,12,13)/t6-,7-/m1/s1. The molecule has 2 atom stereocenters. The van der Waals surface area contributed by atoms with Gasteiger partial charge in [0.2, 0.25) is 0 Å². The summed E-state index contributed by atoms with van der Waals surface area (Å²) in [7, 11) is 0. The van der Waals surface area contributed by atoms with E-state index in [4.69, 9.17) is 10.8 Å². The second-order valence-electron chi connectivity index (χ2n) is 4.49. The molecule has 0 bridgehead atoms. The molecule has 0 saturated carbocycles. The van der Waals surface area contributed by atoms with E-state index in [2.05, 4.69) is 17.9 Å². The Hall–Kier alpha value is -0.260. The highest BCUT2D eigenvalue weighted by molar-refractivity contribution is 7.80. The van der Waals surface area contributed by atoms with Gasteiger partial charge >= 0.3 is 5.97 Å². The van der Waals surface area contributed by atoms with Gasteiger partial charge in [0.05, 0.1) is 0 Å². The maximum atomic E-state index is 10.9. The topological polar surface area (TPSA) is 75.3 Å². The van der Waals surface area contributed by atoms with Crippen LogP contribution >= 0.6 is 12.6 Å². The predicted octanol–water partition coefficient (Wildman–Crippen LogP) is 0.332. The lowest BCUT2D eigenvalue weighted by Gasteiger charge is -2.28. The quantitative estimate of drug-likeness (QED) is 0.504. The Kier molecular flexibility index (Phi) is 5.48. The van der Waals surface area contributed by atoms with Crippen LogP contribution < -0.4 is 11.1 Å². The smallest absolute Gasteiger partial charge is 0.321 e. The van der Waals surface area contributed by atoms with Gasteiger partial charge in [0.25, 0.3) is 0 Å². The molecule has 4 N–H and O–H groups in total. The number of hydrogen-bond donors (Lipinski definition) is 4. The van der Waals surface area contributed by atoms with E-state index in [9.17, 15) is 4.79 Å². The van der Waals surface area contributed by atoms with Gasteiger partial charge in [-0.05, 0) is 5.41 Å². The van der Waals surface area contributed by atoms with Crippen molar-refractivity contribution in [3.63, 3.8) is 0 Å². The maximum Gasteiger partial charge on any atom is 0.321 e. The summed E-state index contributed by atoms with van der Waals surface area (Å²) in [5.74, 6) is -0.299. The molecule has 0 spiro atoms. The van der Waals surface area contributed by atoms with Crippen molar-refractivity contribution >= 4 is 18.6 Å². The van der Waals surface area contributed by atoms with E-state index in [-0.39, 0.29) is 11.5 Å². The van der Waals surface area contributed by atoms with Crippen LogP contribution in [0.1, 0.15) is 20.8 Å². The number of nitrogens with one attached hydrogen (secondary N) is 1. The molecular formula is C9H20N2O2S. The number of carboxylic acids is 1. The van der Waals surface area contributed by atoms with E-state index < -0.39 is 12.0 Å². The molecule has 0 aliphatic carbocycles. The third kappa shape index (κ3) is 4.83. The maximum absolute atomic E-state index is 10.9. The molecule has 0 aromatic heterocycles. The van der Waals surface area contributed by atoms with Gasteiger partial charge in [0, 0.05) is 18.3 Å². The third-order valence-electron chi connectivity index (χ3n) is 1.93. The van der Waals surface area contributed by atoms with Crippen LogP contribution in [0.5, 0.6) is 0 Å². The first-order valence-corrected chi connectivity index (χ1v) is 5.25. The van der Waals surface area contributed by atoms with Crippen molar-refractivity contribution in [3.05, 3.63) is 0 Å². The number of thiol groups is 1. The summed E-state index contributed by atoms with van der Waals surface area (Å²) in [5, 5.41) is 11.9. The zero-order valence-corrected chi connectivity index (χ0v) is 9.84. The van der Waals surface area contributed by atoms with Gasteiger partial charge in [0.1, 0.15) is 6.04 Å². The molecule has 84 valence electrons. The molecule has 0 aromatic rings. The fourth-order valence-corrected chi connectivity index (χ4v) is 1.23. The molecule has 0 unspecified atom stereocenters. The van der Waals surface area contributed by atoms with Gasteiger partial charge in [-0.1, -0.05) is 20.8 Å². The number of carbonyl (C=O) groups is 1. The molecule has 14 heavy (non-hydrogen) atoms. The summed E-state index contributed by atoms with van der Waals surface area (Å²) < 4.78 is 0. The van der Waals surface area contributed by atoms with Crippen molar-refractivity contribution in [1.29, 1.82) is 0 Å². The second-order valence-corrected chi connectivity index (χ2v) is 4.85. The molecule has 4 nitrogen and oxygen atoms in total. The van der Waals surface area contributed by atoms with Crippen LogP contribution in [0.3, 0.4) is 0 Å². The van der Waals surface area contributed by atoms with Gasteiger partial charge in [-0.3, -0.25) is 4.79 Å². The highest BCUT2D eigenvalue weighted by Crippen LogP contribution is 2.19. The van der Waals surface area contributed by atoms with Crippen molar-refractivity contribution in [2.24, 2.45) is 11.1 Å². The largest absolute Gasteiger partial charge is 0.480 e. The monoisotopic (exact) mass is 220 g/mol. The third-order valence-corrected chi connectivity index (χ3v) is 2.40. The Morgan fingerprint density at radius 1 is 1.57 bits per heavy atom. The van der Waals surface area contributed by atoms with Crippen molar-refractivity contribution in [1.82, 2.24) is 5.32 Å². The predicted molar refractivity (Wildman–Crippen MR) is 60.7 cm³/mol. The molecule has 0 fully saturated rings. The number of carboxylic acid groups (broad SMARTS) is 1. The van der Waals surface area contributed by atoms with E-state index in [1.165, 1.54) is 0 Å². The minimum atomic E-state index is -0.844. The fraction of sp³-hybridized carbons (Fsp3) is 0.889. The van der Waals surface area contributed by atoms with Crippen LogP contribution in [-0.2, 0) is 4.79 Å². The molecule has 0 rings (SSSR count). The minimum Gasteiger partial charge on any atom is -0.480 e. The van der Waals surface area contributed by atoms with Crippen LogP contribution in [0.2, 0.25) is 0 Å². The number of aliphatic carboxylic acids is 1. The SMILES string of the molecule is CC(C)(C)[C@H](NC[C@@H](N)CS)C(=O)O. The second kappa shape index (κ2) is 5.58. The molecule has 0 aliphatic rings. The lowest BCUT2D eigenvalue weighted by atomic mass is 9.86. The Bertz CT molecular complexity index is 192. The molecule has 0 heterocycles. The first-order chi connectivity index (χ1) is 6.29. The Morgan fingerprint density at radius 3 is 2.36 bits per heavy atom. The molecular weight excluding hydrogens is 200 g/mol. The van der Waals surface area contributed by atoms with Crippen molar-refractivity contribution in [2.45, 2.75) is 32.9 Å².